The summed E-state index contributed by atoms with van der Waals surface area (Å²) in [7, 11) is 0. The van der Waals surface area contributed by atoms with Gasteiger partial charge in [-0.1, -0.05) is 55.8 Å². The Kier molecular flexibility index (Phi) is 10.8. The van der Waals surface area contributed by atoms with Crippen molar-refractivity contribution in [2.75, 3.05) is 6.61 Å². The first-order valence-electron chi connectivity index (χ1n) is 14.4. The largest absolute Gasteiger partial charge is 0.490 e. The average molecular weight is 585 g/mol. The fourth-order valence-corrected chi connectivity index (χ4v) is 5.34. The van der Waals surface area contributed by atoms with Gasteiger partial charge in [0.25, 0.3) is 0 Å². The zero-order valence-corrected chi connectivity index (χ0v) is 23.7. The molecule has 0 radical (unpaired) electrons. The van der Waals surface area contributed by atoms with E-state index in [9.17, 15) is 18.7 Å². The number of aliphatic hydroxyl groups excluding tert-OH is 1. The van der Waals surface area contributed by atoms with Gasteiger partial charge < -0.3 is 14.6 Å². The number of hydrogen-bond acceptors (Lipinski definition) is 4. The molecule has 1 saturated carbocycles. The zero-order valence-electron chi connectivity index (χ0n) is 23.7. The van der Waals surface area contributed by atoms with Crippen LogP contribution in [0.2, 0.25) is 0 Å². The molecule has 4 nitrogen and oxygen atoms in total. The van der Waals surface area contributed by atoms with Crippen molar-refractivity contribution < 1.29 is 36.9 Å². The molecule has 1 unspecified atom stereocenters. The van der Waals surface area contributed by atoms with Crippen LogP contribution in [0.5, 0.6) is 5.75 Å². The molecule has 224 valence electrons. The Balaban J connectivity index is 1.36. The van der Waals surface area contributed by atoms with Crippen molar-refractivity contribution in [3.05, 3.63) is 101 Å². The van der Waals surface area contributed by atoms with Gasteiger partial charge in [-0.25, -0.2) is 18.0 Å². The molecule has 1 atom stereocenters. The van der Waals surface area contributed by atoms with Crippen LogP contribution in [0.4, 0.5) is 17.6 Å². The summed E-state index contributed by atoms with van der Waals surface area (Å²) < 4.78 is 70.1. The highest BCUT2D eigenvalue weighted by Crippen LogP contribution is 2.38. The predicted octanol–water partition coefficient (Wildman–Crippen LogP) is 8.97. The molecule has 0 bridgehead atoms. The Hall–Kier alpha value is -3.65. The molecule has 0 amide bonds. The van der Waals surface area contributed by atoms with Gasteiger partial charge in [0.2, 0.25) is 5.82 Å². The van der Waals surface area contributed by atoms with Gasteiger partial charge >= 0.3 is 5.97 Å². The Bertz CT molecular complexity index is 1380. The van der Waals surface area contributed by atoms with Gasteiger partial charge in [0.15, 0.2) is 23.2 Å². The SMILES string of the molecule is C=CCCCOc1ccc(C(=O)OC2CCC(c3ccc(-c4ccc(C(O)CCC)cc4)c(F)c3F)CC2)c(F)c1F. The van der Waals surface area contributed by atoms with Crippen LogP contribution in [0.1, 0.15) is 91.8 Å². The summed E-state index contributed by atoms with van der Waals surface area (Å²) in [5.74, 6) is -5.97. The van der Waals surface area contributed by atoms with E-state index < -0.39 is 47.0 Å². The van der Waals surface area contributed by atoms with Crippen molar-refractivity contribution >= 4 is 5.97 Å². The molecule has 42 heavy (non-hydrogen) atoms. The van der Waals surface area contributed by atoms with Crippen LogP contribution in [0, 0.1) is 23.3 Å². The maximum atomic E-state index is 15.2. The topological polar surface area (TPSA) is 55.8 Å². The zero-order chi connectivity index (χ0) is 30.2. The van der Waals surface area contributed by atoms with Gasteiger partial charge in [0.1, 0.15) is 6.10 Å². The van der Waals surface area contributed by atoms with E-state index in [4.69, 9.17) is 9.47 Å². The highest BCUT2D eigenvalue weighted by molar-refractivity contribution is 5.90. The number of carbonyl (C=O) groups excluding carboxylic acids is 1. The first kappa shape index (κ1) is 31.3. The Morgan fingerprint density at radius 1 is 0.952 bits per heavy atom. The van der Waals surface area contributed by atoms with Crippen LogP contribution >= 0.6 is 0 Å². The Morgan fingerprint density at radius 2 is 1.67 bits per heavy atom. The molecule has 1 aliphatic carbocycles. The number of ether oxygens (including phenoxy) is 2. The van der Waals surface area contributed by atoms with E-state index in [1.54, 1.807) is 42.5 Å². The molecular weight excluding hydrogens is 548 g/mol. The summed E-state index contributed by atoms with van der Waals surface area (Å²) in [6.07, 6.45) is 4.87. The molecule has 8 heteroatoms. The predicted molar refractivity (Wildman–Crippen MR) is 153 cm³/mol. The van der Waals surface area contributed by atoms with Gasteiger partial charge in [-0.05, 0) is 79.7 Å². The van der Waals surface area contributed by atoms with Crippen molar-refractivity contribution in [2.24, 2.45) is 0 Å². The number of benzene rings is 3. The van der Waals surface area contributed by atoms with Gasteiger partial charge in [-0.15, -0.1) is 6.58 Å². The molecule has 4 rings (SSSR count). The fourth-order valence-electron chi connectivity index (χ4n) is 5.34. The maximum Gasteiger partial charge on any atom is 0.341 e. The van der Waals surface area contributed by atoms with E-state index in [0.29, 0.717) is 50.5 Å². The van der Waals surface area contributed by atoms with Crippen molar-refractivity contribution in [3.63, 3.8) is 0 Å². The molecule has 0 aromatic heterocycles. The second-order valence-corrected chi connectivity index (χ2v) is 10.7. The number of allylic oxidation sites excluding steroid dienone is 1. The monoisotopic (exact) mass is 584 g/mol. The summed E-state index contributed by atoms with van der Waals surface area (Å²) in [6.45, 7) is 5.74. The van der Waals surface area contributed by atoms with Gasteiger partial charge in [-0.3, -0.25) is 0 Å². The van der Waals surface area contributed by atoms with Crippen molar-refractivity contribution in [1.82, 2.24) is 0 Å². The number of halogens is 4. The lowest BCUT2D eigenvalue weighted by molar-refractivity contribution is 0.0188. The molecule has 3 aromatic carbocycles. The van der Waals surface area contributed by atoms with Gasteiger partial charge in [-0.2, -0.15) is 4.39 Å². The highest BCUT2D eigenvalue weighted by atomic mass is 19.2. The third kappa shape index (κ3) is 7.21. The van der Waals surface area contributed by atoms with E-state index in [1.165, 1.54) is 6.07 Å². The van der Waals surface area contributed by atoms with E-state index in [2.05, 4.69) is 6.58 Å². The summed E-state index contributed by atoms with van der Waals surface area (Å²) in [5, 5.41) is 10.2. The first-order valence-corrected chi connectivity index (χ1v) is 14.4. The quantitative estimate of drug-likeness (QED) is 0.0999. The summed E-state index contributed by atoms with van der Waals surface area (Å²) in [5.41, 5.74) is 1.11. The van der Waals surface area contributed by atoms with E-state index >= 15 is 8.78 Å². The lowest BCUT2D eigenvalue weighted by Gasteiger charge is -2.29. The fraction of sp³-hybridized carbons (Fsp3) is 0.382. The first-order chi connectivity index (χ1) is 20.2. The van der Waals surface area contributed by atoms with Gasteiger partial charge in [0.05, 0.1) is 18.3 Å². The third-order valence-electron chi connectivity index (χ3n) is 7.75. The molecule has 1 aliphatic rings. The molecular formula is C34H36F4O4. The maximum absolute atomic E-state index is 15.2. The van der Waals surface area contributed by atoms with Gasteiger partial charge in [0, 0.05) is 5.56 Å². The van der Waals surface area contributed by atoms with Crippen LogP contribution in [0.3, 0.4) is 0 Å². The summed E-state index contributed by atoms with van der Waals surface area (Å²) >= 11 is 0. The molecule has 1 N–H and O–H groups in total. The van der Waals surface area contributed by atoms with Crippen molar-refractivity contribution in [3.8, 4) is 16.9 Å². The minimum atomic E-state index is -1.33. The second-order valence-electron chi connectivity index (χ2n) is 10.7. The number of carbonyl (C=O) groups is 1. The van der Waals surface area contributed by atoms with Crippen LogP contribution in [-0.4, -0.2) is 23.8 Å². The molecule has 0 saturated heterocycles. The minimum Gasteiger partial charge on any atom is -0.490 e. The number of hydrogen-bond donors (Lipinski definition) is 1. The molecule has 0 heterocycles. The van der Waals surface area contributed by atoms with E-state index in [1.807, 2.05) is 6.92 Å². The highest BCUT2D eigenvalue weighted by Gasteiger charge is 2.30. The van der Waals surface area contributed by atoms with Crippen LogP contribution < -0.4 is 4.74 Å². The standard InChI is InChI=1S/C34H36F4O4/c1-3-5-6-20-41-29-19-18-27(32(37)33(29)38)34(40)42-24-14-12-22(13-15-24)26-17-16-25(30(35)31(26)36)21-8-10-23(11-9-21)28(39)7-4-2/h3,8-11,16-19,22,24,28,39H,1,4-7,12-15,20H2,2H3. The normalized spacial score (nSPS) is 17.5. The van der Waals surface area contributed by atoms with E-state index in [-0.39, 0.29) is 29.4 Å². The Morgan fingerprint density at radius 3 is 2.33 bits per heavy atom. The Labute approximate surface area is 244 Å². The number of unbranched alkanes of at least 4 members (excludes halogenated alkanes) is 1. The van der Waals surface area contributed by atoms with Crippen LogP contribution in [0.25, 0.3) is 11.1 Å². The molecule has 0 spiro atoms. The summed E-state index contributed by atoms with van der Waals surface area (Å²) in [4.78, 5) is 12.6. The van der Waals surface area contributed by atoms with Crippen molar-refractivity contribution in [1.29, 1.82) is 0 Å². The van der Waals surface area contributed by atoms with Crippen LogP contribution in [-0.2, 0) is 4.74 Å². The number of esters is 1. The van der Waals surface area contributed by atoms with Crippen molar-refractivity contribution in [2.45, 2.75) is 76.4 Å². The smallest absolute Gasteiger partial charge is 0.341 e. The lowest BCUT2D eigenvalue weighted by atomic mass is 9.82. The molecule has 3 aromatic rings. The number of aliphatic hydroxyl groups is 1. The molecule has 1 fully saturated rings. The summed E-state index contributed by atoms with van der Waals surface area (Å²) in [6, 6.07) is 12.3. The van der Waals surface area contributed by atoms with Crippen LogP contribution in [0.15, 0.2) is 61.2 Å². The molecule has 0 aliphatic heterocycles. The average Bonchev–Trinajstić information content (AvgIpc) is 2.99. The minimum absolute atomic E-state index is 0.137. The lowest BCUT2D eigenvalue weighted by Crippen LogP contribution is -2.25. The number of rotatable bonds is 12. The third-order valence-corrected chi connectivity index (χ3v) is 7.75. The van der Waals surface area contributed by atoms with E-state index in [0.717, 1.165) is 18.1 Å². The second kappa shape index (κ2) is 14.5.